The molecule has 0 aliphatic carbocycles. The van der Waals surface area contributed by atoms with Crippen molar-refractivity contribution in [2.75, 3.05) is 12.9 Å². The summed E-state index contributed by atoms with van der Waals surface area (Å²) in [6.07, 6.45) is 0. The number of carbonyl (C=O) groups is 1. The number of Topliss-reactive ketones (excluding diaryl/α,β-unsaturated/α-hetero) is 1. The molecule has 0 aromatic heterocycles. The monoisotopic (exact) mass is 370 g/mol. The van der Waals surface area contributed by atoms with E-state index in [0.717, 1.165) is 9.37 Å². The second kappa shape index (κ2) is 7.16. The first-order chi connectivity index (χ1) is 9.61. The SMILES string of the molecule is COc1cc(C(=O)CSc2ccccc2Br)ccc1Cl. The van der Waals surface area contributed by atoms with E-state index in [2.05, 4.69) is 15.9 Å². The van der Waals surface area contributed by atoms with Gasteiger partial charge in [-0.05, 0) is 46.3 Å². The van der Waals surface area contributed by atoms with Crippen LogP contribution in [0.3, 0.4) is 0 Å². The highest BCUT2D eigenvalue weighted by atomic mass is 79.9. The molecule has 0 saturated heterocycles. The molecule has 0 N–H and O–H groups in total. The Labute approximate surface area is 135 Å². The molecule has 5 heteroatoms. The van der Waals surface area contributed by atoms with Crippen LogP contribution in [0.5, 0.6) is 5.75 Å². The molecule has 2 aromatic rings. The summed E-state index contributed by atoms with van der Waals surface area (Å²) in [5, 5.41) is 0.502. The van der Waals surface area contributed by atoms with Gasteiger partial charge >= 0.3 is 0 Å². The van der Waals surface area contributed by atoms with Crippen LogP contribution < -0.4 is 4.74 Å². The number of benzene rings is 2. The van der Waals surface area contributed by atoms with Crippen molar-refractivity contribution in [2.45, 2.75) is 4.90 Å². The number of methoxy groups -OCH3 is 1. The molecule has 2 aromatic carbocycles. The zero-order valence-corrected chi connectivity index (χ0v) is 13.9. The van der Waals surface area contributed by atoms with Crippen LogP contribution >= 0.6 is 39.3 Å². The summed E-state index contributed by atoms with van der Waals surface area (Å²) in [4.78, 5) is 13.2. The topological polar surface area (TPSA) is 26.3 Å². The minimum Gasteiger partial charge on any atom is -0.495 e. The van der Waals surface area contributed by atoms with Crippen LogP contribution in [0.15, 0.2) is 51.8 Å². The van der Waals surface area contributed by atoms with E-state index in [9.17, 15) is 4.79 Å². The Bertz CT molecular complexity index is 631. The minimum absolute atomic E-state index is 0.0423. The molecule has 0 saturated carbocycles. The van der Waals surface area contributed by atoms with Crippen molar-refractivity contribution >= 4 is 45.1 Å². The summed E-state index contributed by atoms with van der Waals surface area (Å²) in [6.45, 7) is 0. The molecule has 2 rings (SSSR count). The number of rotatable bonds is 5. The van der Waals surface area contributed by atoms with Gasteiger partial charge in [-0.25, -0.2) is 0 Å². The van der Waals surface area contributed by atoms with Crippen LogP contribution in [0.25, 0.3) is 0 Å². The third-order valence-electron chi connectivity index (χ3n) is 2.67. The summed E-state index contributed by atoms with van der Waals surface area (Å²) in [6, 6.07) is 12.9. The van der Waals surface area contributed by atoms with Crippen molar-refractivity contribution in [3.8, 4) is 5.75 Å². The first-order valence-electron chi connectivity index (χ1n) is 5.86. The van der Waals surface area contributed by atoms with E-state index in [-0.39, 0.29) is 5.78 Å². The second-order valence-corrected chi connectivity index (χ2v) is 6.27. The molecule has 20 heavy (non-hydrogen) atoms. The van der Waals surface area contributed by atoms with Crippen molar-refractivity contribution in [1.29, 1.82) is 0 Å². The maximum Gasteiger partial charge on any atom is 0.173 e. The maximum atomic E-state index is 12.2. The number of hydrogen-bond donors (Lipinski definition) is 0. The highest BCUT2D eigenvalue weighted by molar-refractivity contribution is 9.10. The molecule has 0 heterocycles. The zero-order chi connectivity index (χ0) is 14.5. The first kappa shape index (κ1) is 15.4. The molecule has 0 atom stereocenters. The molecular weight excluding hydrogens is 360 g/mol. The van der Waals surface area contributed by atoms with Gasteiger partial charge in [0, 0.05) is 14.9 Å². The molecule has 0 unspecified atom stereocenters. The molecule has 0 radical (unpaired) electrons. The van der Waals surface area contributed by atoms with E-state index < -0.39 is 0 Å². The van der Waals surface area contributed by atoms with Crippen molar-refractivity contribution in [3.63, 3.8) is 0 Å². The Hall–Kier alpha value is -0.970. The third-order valence-corrected chi connectivity index (χ3v) is 5.01. The van der Waals surface area contributed by atoms with Crippen LogP contribution in [0.4, 0.5) is 0 Å². The lowest BCUT2D eigenvalue weighted by atomic mass is 10.1. The smallest absolute Gasteiger partial charge is 0.173 e. The van der Waals surface area contributed by atoms with Crippen molar-refractivity contribution in [1.82, 2.24) is 0 Å². The normalized spacial score (nSPS) is 10.3. The summed E-state index contributed by atoms with van der Waals surface area (Å²) in [5.41, 5.74) is 0.603. The van der Waals surface area contributed by atoms with Gasteiger partial charge in [-0.2, -0.15) is 0 Å². The van der Waals surface area contributed by atoms with Gasteiger partial charge < -0.3 is 4.74 Å². The van der Waals surface area contributed by atoms with E-state index in [1.165, 1.54) is 18.9 Å². The molecular formula is C15H12BrClO2S. The third kappa shape index (κ3) is 3.78. The lowest BCUT2D eigenvalue weighted by molar-refractivity contribution is 0.102. The second-order valence-electron chi connectivity index (χ2n) is 3.99. The van der Waals surface area contributed by atoms with Crippen LogP contribution in [-0.4, -0.2) is 18.6 Å². The summed E-state index contributed by atoms with van der Waals surface area (Å²) >= 11 is 10.9. The van der Waals surface area contributed by atoms with Gasteiger partial charge in [0.25, 0.3) is 0 Å². The van der Waals surface area contributed by atoms with Crippen molar-refractivity contribution in [2.24, 2.45) is 0 Å². The fourth-order valence-corrected chi connectivity index (χ4v) is 3.28. The molecule has 0 amide bonds. The molecule has 104 valence electrons. The molecule has 0 aliphatic heterocycles. The largest absolute Gasteiger partial charge is 0.495 e. The van der Waals surface area contributed by atoms with Gasteiger partial charge in [-0.15, -0.1) is 11.8 Å². The van der Waals surface area contributed by atoms with E-state index in [4.69, 9.17) is 16.3 Å². The quantitative estimate of drug-likeness (QED) is 0.541. The predicted molar refractivity (Wildman–Crippen MR) is 87.2 cm³/mol. The number of hydrogen-bond acceptors (Lipinski definition) is 3. The van der Waals surface area contributed by atoms with Gasteiger partial charge in [0.15, 0.2) is 5.78 Å². The Morgan fingerprint density at radius 1 is 1.30 bits per heavy atom. The Balaban J connectivity index is 2.07. The highest BCUT2D eigenvalue weighted by Gasteiger charge is 2.10. The Morgan fingerprint density at radius 2 is 2.05 bits per heavy atom. The van der Waals surface area contributed by atoms with Crippen LogP contribution in [0, 0.1) is 0 Å². The average molecular weight is 372 g/mol. The van der Waals surface area contributed by atoms with E-state index in [1.54, 1.807) is 18.2 Å². The van der Waals surface area contributed by atoms with Crippen LogP contribution in [0.2, 0.25) is 5.02 Å². The number of ether oxygens (including phenoxy) is 1. The number of ketones is 1. The lowest BCUT2D eigenvalue weighted by Gasteiger charge is -2.06. The predicted octanol–water partition coefficient (Wildman–Crippen LogP) is 5.09. The van der Waals surface area contributed by atoms with Gasteiger partial charge in [-0.1, -0.05) is 23.7 Å². The standard InChI is InChI=1S/C15H12BrClO2S/c1-19-14-8-10(6-7-12(14)17)13(18)9-20-15-5-3-2-4-11(15)16/h2-8H,9H2,1H3. The van der Waals surface area contributed by atoms with Gasteiger partial charge in [0.1, 0.15) is 5.75 Å². The van der Waals surface area contributed by atoms with Gasteiger partial charge in [0.2, 0.25) is 0 Å². The Morgan fingerprint density at radius 3 is 2.75 bits per heavy atom. The average Bonchev–Trinajstić information content (AvgIpc) is 2.46. The lowest BCUT2D eigenvalue weighted by Crippen LogP contribution is -2.02. The zero-order valence-electron chi connectivity index (χ0n) is 10.7. The van der Waals surface area contributed by atoms with Crippen molar-refractivity contribution < 1.29 is 9.53 Å². The van der Waals surface area contributed by atoms with Gasteiger partial charge in [-0.3, -0.25) is 4.79 Å². The summed E-state index contributed by atoms with van der Waals surface area (Å²) < 4.78 is 6.11. The molecule has 0 fully saturated rings. The number of halogens is 2. The molecule has 2 nitrogen and oxygen atoms in total. The fraction of sp³-hybridized carbons (Fsp3) is 0.133. The number of thioether (sulfide) groups is 1. The van der Waals surface area contributed by atoms with E-state index in [0.29, 0.717) is 22.1 Å². The molecule has 0 bridgehead atoms. The van der Waals surface area contributed by atoms with Crippen molar-refractivity contribution in [3.05, 3.63) is 57.5 Å². The maximum absolute atomic E-state index is 12.2. The fourth-order valence-electron chi connectivity index (χ4n) is 1.62. The van der Waals surface area contributed by atoms with E-state index >= 15 is 0 Å². The van der Waals surface area contributed by atoms with Crippen LogP contribution in [-0.2, 0) is 0 Å². The summed E-state index contributed by atoms with van der Waals surface area (Å²) in [5.74, 6) is 0.928. The minimum atomic E-state index is 0.0423. The highest BCUT2D eigenvalue weighted by Crippen LogP contribution is 2.29. The molecule has 0 aliphatic rings. The summed E-state index contributed by atoms with van der Waals surface area (Å²) in [7, 11) is 1.53. The Kier molecular flexibility index (Phi) is 5.52. The van der Waals surface area contributed by atoms with Gasteiger partial charge in [0.05, 0.1) is 17.9 Å². The first-order valence-corrected chi connectivity index (χ1v) is 8.01. The molecule has 0 spiro atoms. The van der Waals surface area contributed by atoms with Crippen LogP contribution in [0.1, 0.15) is 10.4 Å². The van der Waals surface area contributed by atoms with E-state index in [1.807, 2.05) is 24.3 Å². The number of carbonyl (C=O) groups excluding carboxylic acids is 1.